The summed E-state index contributed by atoms with van der Waals surface area (Å²) in [6.07, 6.45) is 7.39. The number of rotatable bonds is 5. The van der Waals surface area contributed by atoms with Crippen molar-refractivity contribution in [2.75, 3.05) is 52.2 Å². The van der Waals surface area contributed by atoms with E-state index in [1.807, 2.05) is 44.9 Å². The number of hydrogen-bond donors (Lipinski definition) is 2. The van der Waals surface area contributed by atoms with E-state index in [0.717, 1.165) is 77.3 Å². The Labute approximate surface area is 203 Å². The standard InChI is InChI=1S/C25H28N10/c1-33(2)15-16-10-17(13-26-12-16)19-11-18-20(14-28-19)31-32-22(18)25-29-23-21(4-5-27-24(23)30-25)35-8-6-34(3)7-9-35/h4-5,10-14H,6-9,15H2,1-3H3,(H,31,32)(H,27,29,30). The number of hydrogen-bond acceptors (Lipinski definition) is 8. The van der Waals surface area contributed by atoms with Crippen molar-refractivity contribution in [2.45, 2.75) is 6.54 Å². The predicted molar refractivity (Wildman–Crippen MR) is 137 cm³/mol. The highest BCUT2D eigenvalue weighted by Gasteiger charge is 2.20. The first-order chi connectivity index (χ1) is 17.0. The molecule has 0 aromatic carbocycles. The summed E-state index contributed by atoms with van der Waals surface area (Å²) in [5, 5.41) is 8.63. The number of pyridine rings is 3. The van der Waals surface area contributed by atoms with Gasteiger partial charge in [0.05, 0.1) is 23.1 Å². The Morgan fingerprint density at radius 2 is 1.89 bits per heavy atom. The summed E-state index contributed by atoms with van der Waals surface area (Å²) in [4.78, 5) is 28.8. The minimum atomic E-state index is 0.692. The van der Waals surface area contributed by atoms with E-state index in [1.54, 1.807) is 0 Å². The molecule has 10 heteroatoms. The molecule has 5 aromatic heterocycles. The third kappa shape index (κ3) is 4.11. The molecule has 1 fully saturated rings. The average Bonchev–Trinajstić information content (AvgIpc) is 3.48. The number of aromatic nitrogens is 7. The van der Waals surface area contributed by atoms with Gasteiger partial charge in [-0.3, -0.25) is 15.1 Å². The second-order valence-corrected chi connectivity index (χ2v) is 9.41. The second kappa shape index (κ2) is 8.71. The average molecular weight is 469 g/mol. The van der Waals surface area contributed by atoms with Gasteiger partial charge in [0.2, 0.25) is 0 Å². The van der Waals surface area contributed by atoms with Crippen LogP contribution in [0.2, 0.25) is 0 Å². The summed E-state index contributed by atoms with van der Waals surface area (Å²) in [6.45, 7) is 4.85. The summed E-state index contributed by atoms with van der Waals surface area (Å²) in [5.41, 5.74) is 7.34. The van der Waals surface area contributed by atoms with Crippen LogP contribution in [0.5, 0.6) is 0 Å². The van der Waals surface area contributed by atoms with Gasteiger partial charge in [-0.05, 0) is 44.9 Å². The molecular formula is C25H28N10. The molecule has 1 saturated heterocycles. The van der Waals surface area contributed by atoms with Crippen LogP contribution in [0, 0.1) is 0 Å². The molecule has 0 amide bonds. The second-order valence-electron chi connectivity index (χ2n) is 9.41. The van der Waals surface area contributed by atoms with Gasteiger partial charge >= 0.3 is 0 Å². The zero-order valence-corrected chi connectivity index (χ0v) is 20.2. The third-order valence-electron chi connectivity index (χ3n) is 6.48. The molecule has 1 aliphatic heterocycles. The molecule has 2 N–H and O–H groups in total. The van der Waals surface area contributed by atoms with Gasteiger partial charge in [-0.1, -0.05) is 0 Å². The van der Waals surface area contributed by atoms with Crippen molar-refractivity contribution in [3.05, 3.63) is 48.5 Å². The quantitative estimate of drug-likeness (QED) is 0.406. The molecule has 0 atom stereocenters. The summed E-state index contributed by atoms with van der Waals surface area (Å²) in [7, 11) is 6.26. The summed E-state index contributed by atoms with van der Waals surface area (Å²) < 4.78 is 0. The number of H-pyrrole nitrogens is 2. The van der Waals surface area contributed by atoms with Gasteiger partial charge in [0.15, 0.2) is 11.5 Å². The van der Waals surface area contributed by atoms with E-state index in [2.05, 4.69) is 64.0 Å². The number of nitrogens with zero attached hydrogens (tertiary/aromatic N) is 8. The minimum Gasteiger partial charge on any atom is -0.367 e. The molecule has 0 aliphatic carbocycles. The molecule has 178 valence electrons. The van der Waals surface area contributed by atoms with Crippen LogP contribution in [0.15, 0.2) is 43.0 Å². The lowest BCUT2D eigenvalue weighted by Crippen LogP contribution is -2.44. The van der Waals surface area contributed by atoms with E-state index in [0.29, 0.717) is 11.5 Å². The fourth-order valence-corrected chi connectivity index (χ4v) is 4.66. The van der Waals surface area contributed by atoms with Gasteiger partial charge in [-0.2, -0.15) is 5.10 Å². The Morgan fingerprint density at radius 1 is 1.03 bits per heavy atom. The Bertz CT molecular complexity index is 1490. The minimum absolute atomic E-state index is 0.692. The van der Waals surface area contributed by atoms with Crippen LogP contribution in [-0.4, -0.2) is 92.2 Å². The van der Waals surface area contributed by atoms with Crippen LogP contribution in [0.1, 0.15) is 5.56 Å². The maximum Gasteiger partial charge on any atom is 0.180 e. The molecule has 1 aliphatic rings. The Morgan fingerprint density at radius 3 is 2.71 bits per heavy atom. The maximum absolute atomic E-state index is 4.80. The molecule has 6 rings (SSSR count). The van der Waals surface area contributed by atoms with Crippen molar-refractivity contribution in [1.29, 1.82) is 0 Å². The number of anilines is 1. The predicted octanol–water partition coefficient (Wildman–Crippen LogP) is 2.77. The van der Waals surface area contributed by atoms with E-state index in [9.17, 15) is 0 Å². The Hall–Kier alpha value is -3.89. The number of imidazole rings is 1. The molecule has 5 aromatic rings. The van der Waals surface area contributed by atoms with Crippen molar-refractivity contribution >= 4 is 27.8 Å². The summed E-state index contributed by atoms with van der Waals surface area (Å²) in [6, 6.07) is 6.25. The maximum atomic E-state index is 4.80. The van der Waals surface area contributed by atoms with Gasteiger partial charge in [-0.15, -0.1) is 0 Å². The normalized spacial score (nSPS) is 15.0. The van der Waals surface area contributed by atoms with Gasteiger partial charge in [0.1, 0.15) is 11.2 Å². The van der Waals surface area contributed by atoms with Crippen LogP contribution in [0.25, 0.3) is 44.8 Å². The molecule has 0 unspecified atom stereocenters. The zero-order chi connectivity index (χ0) is 23.9. The highest BCUT2D eigenvalue weighted by molar-refractivity contribution is 5.95. The number of piperazine rings is 1. The lowest BCUT2D eigenvalue weighted by Gasteiger charge is -2.34. The Balaban J connectivity index is 1.39. The number of nitrogens with one attached hydrogen (secondary N) is 2. The molecule has 0 spiro atoms. The molecule has 0 saturated carbocycles. The van der Waals surface area contributed by atoms with Crippen LogP contribution in [0.4, 0.5) is 5.69 Å². The van der Waals surface area contributed by atoms with Crippen LogP contribution in [-0.2, 0) is 6.54 Å². The molecule has 0 bridgehead atoms. The van der Waals surface area contributed by atoms with E-state index >= 15 is 0 Å². The van der Waals surface area contributed by atoms with Crippen molar-refractivity contribution in [1.82, 2.24) is 44.9 Å². The van der Waals surface area contributed by atoms with Crippen molar-refractivity contribution in [3.8, 4) is 22.8 Å². The molecule has 35 heavy (non-hydrogen) atoms. The monoisotopic (exact) mass is 468 g/mol. The van der Waals surface area contributed by atoms with Crippen LogP contribution < -0.4 is 4.90 Å². The highest BCUT2D eigenvalue weighted by Crippen LogP contribution is 2.31. The van der Waals surface area contributed by atoms with Crippen LogP contribution in [0.3, 0.4) is 0 Å². The third-order valence-corrected chi connectivity index (χ3v) is 6.48. The first kappa shape index (κ1) is 21.6. The molecule has 0 radical (unpaired) electrons. The van der Waals surface area contributed by atoms with Gasteiger partial charge in [-0.25, -0.2) is 9.97 Å². The molecule has 6 heterocycles. The topological polar surface area (TPSA) is 106 Å². The van der Waals surface area contributed by atoms with E-state index < -0.39 is 0 Å². The summed E-state index contributed by atoms with van der Waals surface area (Å²) >= 11 is 0. The molecule has 10 nitrogen and oxygen atoms in total. The van der Waals surface area contributed by atoms with E-state index in [4.69, 9.17) is 4.98 Å². The number of likely N-dealkylation sites (N-methyl/N-ethyl adjacent to an activating group) is 1. The van der Waals surface area contributed by atoms with Crippen molar-refractivity contribution < 1.29 is 0 Å². The largest absolute Gasteiger partial charge is 0.367 e. The van der Waals surface area contributed by atoms with Crippen molar-refractivity contribution in [3.63, 3.8) is 0 Å². The van der Waals surface area contributed by atoms with E-state index in [1.165, 1.54) is 0 Å². The first-order valence-corrected chi connectivity index (χ1v) is 11.8. The zero-order valence-electron chi connectivity index (χ0n) is 20.2. The van der Waals surface area contributed by atoms with Gasteiger partial charge in [0, 0.05) is 62.3 Å². The lowest BCUT2D eigenvalue weighted by atomic mass is 10.1. The van der Waals surface area contributed by atoms with Gasteiger partial charge in [0.25, 0.3) is 0 Å². The smallest absolute Gasteiger partial charge is 0.180 e. The fourth-order valence-electron chi connectivity index (χ4n) is 4.66. The number of fused-ring (bicyclic) bond motifs is 2. The van der Waals surface area contributed by atoms with Gasteiger partial charge < -0.3 is 19.7 Å². The Kier molecular flexibility index (Phi) is 5.39. The highest BCUT2D eigenvalue weighted by atomic mass is 15.3. The number of aromatic amines is 2. The summed E-state index contributed by atoms with van der Waals surface area (Å²) in [5.74, 6) is 0.692. The lowest BCUT2D eigenvalue weighted by molar-refractivity contribution is 0.313. The SMILES string of the molecule is CN(C)Cc1cncc(-c2cc3c(-c4nc5nccc(N6CCN(C)CC6)c5[nH]4)n[nH]c3cn2)c1. The van der Waals surface area contributed by atoms with Crippen LogP contribution >= 0.6 is 0 Å². The fraction of sp³-hybridized carbons (Fsp3) is 0.320. The first-order valence-electron chi connectivity index (χ1n) is 11.8. The van der Waals surface area contributed by atoms with E-state index in [-0.39, 0.29) is 0 Å². The van der Waals surface area contributed by atoms with Crippen molar-refractivity contribution in [2.24, 2.45) is 0 Å². The molecular weight excluding hydrogens is 440 g/mol.